The monoisotopic (exact) mass is 504 g/mol. The molecule has 0 aliphatic carbocycles. The summed E-state index contributed by atoms with van der Waals surface area (Å²) in [6.07, 6.45) is 2.47. The van der Waals surface area contributed by atoms with Crippen LogP contribution in [0.4, 0.5) is 4.39 Å². The van der Waals surface area contributed by atoms with Gasteiger partial charge in [-0.25, -0.2) is 4.39 Å². The van der Waals surface area contributed by atoms with Gasteiger partial charge in [-0.1, -0.05) is 36.4 Å². The van der Waals surface area contributed by atoms with Gasteiger partial charge in [0, 0.05) is 18.1 Å². The highest BCUT2D eigenvalue weighted by atomic mass is 19.1. The minimum Gasteiger partial charge on any atom is -0.494 e. The first-order valence-corrected chi connectivity index (χ1v) is 12.3. The van der Waals surface area contributed by atoms with Gasteiger partial charge in [-0.05, 0) is 84.5 Å². The molecule has 0 saturated carbocycles. The number of nitrogens with zero attached hydrogens (tertiary/aromatic N) is 2. The summed E-state index contributed by atoms with van der Waals surface area (Å²) in [5.74, 6) is 0.0305. The van der Waals surface area contributed by atoms with Crippen LogP contribution in [-0.4, -0.2) is 12.6 Å². The second-order valence-electron chi connectivity index (χ2n) is 8.68. The van der Waals surface area contributed by atoms with E-state index in [4.69, 9.17) is 20.0 Å². The van der Waals surface area contributed by atoms with Crippen molar-refractivity contribution in [2.24, 2.45) is 0 Å². The quantitative estimate of drug-likeness (QED) is 0.127. The van der Waals surface area contributed by atoms with E-state index in [9.17, 15) is 9.18 Å². The molecule has 38 heavy (non-hydrogen) atoms. The van der Waals surface area contributed by atoms with Crippen molar-refractivity contribution in [3.8, 4) is 45.9 Å². The number of ether oxygens (including phenoxy) is 2. The highest BCUT2D eigenvalue weighted by molar-refractivity contribution is 5.73. The van der Waals surface area contributed by atoms with Gasteiger partial charge in [-0.15, -0.1) is 0 Å². The molecule has 0 heterocycles. The van der Waals surface area contributed by atoms with E-state index in [-0.39, 0.29) is 12.2 Å². The van der Waals surface area contributed by atoms with E-state index in [1.165, 1.54) is 6.07 Å². The van der Waals surface area contributed by atoms with Crippen molar-refractivity contribution >= 4 is 5.97 Å². The summed E-state index contributed by atoms with van der Waals surface area (Å²) in [4.78, 5) is 12.2. The van der Waals surface area contributed by atoms with Crippen molar-refractivity contribution in [3.05, 3.63) is 108 Å². The molecule has 0 aliphatic rings. The molecule has 0 radical (unpaired) electrons. The van der Waals surface area contributed by atoms with Gasteiger partial charge in [0.05, 0.1) is 29.9 Å². The zero-order chi connectivity index (χ0) is 26.7. The maximum Gasteiger partial charge on any atom is 0.311 e. The predicted octanol–water partition coefficient (Wildman–Crippen LogP) is 7.45. The second-order valence-corrected chi connectivity index (χ2v) is 8.68. The fourth-order valence-corrected chi connectivity index (χ4v) is 3.92. The number of halogens is 1. The molecule has 6 heteroatoms. The normalized spacial score (nSPS) is 10.3. The molecule has 4 rings (SSSR count). The minimum absolute atomic E-state index is 0.165. The molecule has 0 spiro atoms. The summed E-state index contributed by atoms with van der Waals surface area (Å²) >= 11 is 0. The van der Waals surface area contributed by atoms with Gasteiger partial charge in [-0.2, -0.15) is 10.5 Å². The smallest absolute Gasteiger partial charge is 0.311 e. The van der Waals surface area contributed by atoms with Crippen LogP contribution in [0.25, 0.3) is 22.3 Å². The van der Waals surface area contributed by atoms with Crippen molar-refractivity contribution in [1.29, 1.82) is 10.5 Å². The fourth-order valence-electron chi connectivity index (χ4n) is 3.92. The number of esters is 1. The van der Waals surface area contributed by atoms with Crippen LogP contribution in [0.2, 0.25) is 0 Å². The van der Waals surface area contributed by atoms with E-state index in [0.717, 1.165) is 29.7 Å². The van der Waals surface area contributed by atoms with Crippen LogP contribution in [0.5, 0.6) is 11.5 Å². The maximum atomic E-state index is 14.6. The second kappa shape index (κ2) is 12.9. The fraction of sp³-hybridized carbons (Fsp3) is 0.156. The van der Waals surface area contributed by atoms with Gasteiger partial charge in [0.1, 0.15) is 17.3 Å². The third kappa shape index (κ3) is 7.06. The van der Waals surface area contributed by atoms with Crippen molar-refractivity contribution < 1.29 is 18.7 Å². The van der Waals surface area contributed by atoms with Gasteiger partial charge in [0.15, 0.2) is 0 Å². The number of carbonyl (C=O) groups is 1. The number of benzene rings is 4. The van der Waals surface area contributed by atoms with E-state index in [1.54, 1.807) is 48.5 Å². The minimum atomic E-state index is -0.498. The first kappa shape index (κ1) is 26.1. The average Bonchev–Trinajstić information content (AvgIpc) is 2.95. The predicted molar refractivity (Wildman–Crippen MR) is 143 cm³/mol. The average molecular weight is 505 g/mol. The molecule has 0 amide bonds. The Hall–Kier alpha value is -4.94. The summed E-state index contributed by atoms with van der Waals surface area (Å²) in [7, 11) is 0. The van der Waals surface area contributed by atoms with E-state index >= 15 is 0 Å². The summed E-state index contributed by atoms with van der Waals surface area (Å²) in [5, 5.41) is 17.8. The van der Waals surface area contributed by atoms with E-state index < -0.39 is 11.8 Å². The van der Waals surface area contributed by atoms with Crippen molar-refractivity contribution in [2.75, 3.05) is 6.61 Å². The van der Waals surface area contributed by atoms with E-state index in [1.807, 2.05) is 42.5 Å². The number of nitriles is 2. The first-order valence-electron chi connectivity index (χ1n) is 12.3. The van der Waals surface area contributed by atoms with Gasteiger partial charge in [0.2, 0.25) is 0 Å². The lowest BCUT2D eigenvalue weighted by Crippen LogP contribution is -2.08. The standard InChI is InChI=1S/C32H25FN2O3/c33-31-20-29(17-18-30(31)27-11-7-24(22-35)8-12-27)38-32(36)4-2-1-3-19-37-28-15-13-26(14-16-28)25-9-5-23(21-34)6-10-25/h5-18,20H,1-4,19H2. The molecule has 4 aromatic carbocycles. The van der Waals surface area contributed by atoms with Crippen LogP contribution in [0, 0.1) is 28.5 Å². The molecular weight excluding hydrogens is 479 g/mol. The molecule has 4 aromatic rings. The number of carbonyl (C=O) groups excluding carboxylic acids is 1. The van der Waals surface area contributed by atoms with Gasteiger partial charge in [0.25, 0.3) is 0 Å². The SMILES string of the molecule is N#Cc1ccc(-c2ccc(OCCCCCC(=O)Oc3ccc(-c4ccc(C#N)cc4)c(F)c3)cc2)cc1. The largest absolute Gasteiger partial charge is 0.494 e. The zero-order valence-electron chi connectivity index (χ0n) is 20.7. The van der Waals surface area contributed by atoms with Crippen LogP contribution >= 0.6 is 0 Å². The van der Waals surface area contributed by atoms with Crippen LogP contribution in [-0.2, 0) is 4.79 Å². The molecule has 0 unspecified atom stereocenters. The topological polar surface area (TPSA) is 83.1 Å². The Bertz CT molecular complexity index is 1470. The van der Waals surface area contributed by atoms with E-state index in [2.05, 4.69) is 6.07 Å². The highest BCUT2D eigenvalue weighted by Gasteiger charge is 2.10. The van der Waals surface area contributed by atoms with Gasteiger partial charge >= 0.3 is 5.97 Å². The molecule has 0 bridgehead atoms. The van der Waals surface area contributed by atoms with Crippen LogP contribution in [0.15, 0.2) is 91.0 Å². The molecule has 0 saturated heterocycles. The lowest BCUT2D eigenvalue weighted by molar-refractivity contribution is -0.134. The molecule has 0 fully saturated rings. The molecule has 0 aliphatic heterocycles. The van der Waals surface area contributed by atoms with Gasteiger partial charge < -0.3 is 9.47 Å². The summed E-state index contributed by atoms with van der Waals surface area (Å²) in [6.45, 7) is 0.535. The van der Waals surface area contributed by atoms with Crippen LogP contribution < -0.4 is 9.47 Å². The molecule has 0 aromatic heterocycles. The summed E-state index contributed by atoms with van der Waals surface area (Å²) in [5.41, 5.74) is 4.23. The molecule has 188 valence electrons. The summed E-state index contributed by atoms with van der Waals surface area (Å²) < 4.78 is 25.6. The molecule has 5 nitrogen and oxygen atoms in total. The number of hydrogen-bond donors (Lipinski definition) is 0. The third-order valence-electron chi connectivity index (χ3n) is 5.99. The van der Waals surface area contributed by atoms with E-state index in [0.29, 0.717) is 35.3 Å². The van der Waals surface area contributed by atoms with Crippen molar-refractivity contribution in [2.45, 2.75) is 25.7 Å². The van der Waals surface area contributed by atoms with Gasteiger partial charge in [-0.3, -0.25) is 4.79 Å². The number of rotatable bonds is 10. The molecule has 0 N–H and O–H groups in total. The Morgan fingerprint density at radius 2 is 1.24 bits per heavy atom. The van der Waals surface area contributed by atoms with Crippen molar-refractivity contribution in [3.63, 3.8) is 0 Å². The Kier molecular flexibility index (Phi) is 8.84. The Balaban J connectivity index is 1.15. The Morgan fingerprint density at radius 3 is 1.82 bits per heavy atom. The lowest BCUT2D eigenvalue weighted by atomic mass is 10.0. The zero-order valence-corrected chi connectivity index (χ0v) is 20.7. The summed E-state index contributed by atoms with van der Waals surface area (Å²) in [6, 6.07) is 30.3. The maximum absolute atomic E-state index is 14.6. The third-order valence-corrected chi connectivity index (χ3v) is 5.99. The highest BCUT2D eigenvalue weighted by Crippen LogP contribution is 2.27. The number of hydrogen-bond acceptors (Lipinski definition) is 5. The molecular formula is C32H25FN2O3. The van der Waals surface area contributed by atoms with Crippen molar-refractivity contribution in [1.82, 2.24) is 0 Å². The van der Waals surface area contributed by atoms with Crippen LogP contribution in [0.3, 0.4) is 0 Å². The lowest BCUT2D eigenvalue weighted by Gasteiger charge is -2.09. The number of unbranched alkanes of at least 4 members (excludes halogenated alkanes) is 2. The molecule has 0 atom stereocenters. The Labute approximate surface area is 221 Å². The Morgan fingerprint density at radius 1 is 0.684 bits per heavy atom. The van der Waals surface area contributed by atoms with Crippen LogP contribution in [0.1, 0.15) is 36.8 Å². The first-order chi connectivity index (χ1) is 18.6.